The van der Waals surface area contributed by atoms with Gasteiger partial charge in [-0.15, -0.1) is 0 Å². The molecule has 0 radical (unpaired) electrons. The molecule has 3 saturated heterocycles. The molecule has 4 aliphatic rings. The Morgan fingerprint density at radius 3 is 1.29 bits per heavy atom. The average molecular weight is 1850 g/mol. The van der Waals surface area contributed by atoms with Crippen molar-refractivity contribution in [2.75, 3.05) is 112 Å². The molecule has 0 bridgehead atoms. The lowest BCUT2D eigenvalue weighted by atomic mass is 9.86. The summed E-state index contributed by atoms with van der Waals surface area (Å²) in [6, 6.07) is -3.32. The fraction of sp³-hybridized carbons (Fsp3) is 0.775. The van der Waals surface area contributed by atoms with Gasteiger partial charge >= 0.3 is 53.7 Å². The molecule has 17 unspecified atom stereocenters. The lowest BCUT2D eigenvalue weighted by Crippen LogP contribution is -2.72. The first kappa shape index (κ1) is 111. The topological polar surface area (TPSA) is 598 Å². The minimum atomic E-state index is -2.00. The lowest BCUT2D eigenvalue weighted by molar-refractivity contribution is -0.279. The van der Waals surface area contributed by atoms with Crippen LogP contribution in [-0.4, -0.2) is 333 Å². The van der Waals surface area contributed by atoms with Crippen molar-refractivity contribution in [2.24, 2.45) is 5.92 Å². The molecule has 0 aromatic heterocycles. The molecule has 4 fully saturated rings. The van der Waals surface area contributed by atoms with Crippen LogP contribution in [0.1, 0.15) is 169 Å². The molecule has 8 N–H and O–H groups in total. The van der Waals surface area contributed by atoms with Gasteiger partial charge in [0.2, 0.25) is 53.0 Å². The SMILES string of the molecule is CC(=O)NC1C(OCCOCCNC(=O)CCC(NC(=O)CCC(NC(=O)C2CCC(OP(OCCC#N)N(C(C)C)C(C)C)CC2)C(=O)NCCOCCOC2(NC(C)=O)COC(COC(C)=O)C(OC(C)=O)C2OC(C)=O)C(=O)NCCOCCOC2OC(COC(C)=O)C(OC(C)=O)C(OC(C)=O)C2NC(C)=O)OC(COC(C)=O)C(OC(C)=O)C1OC(C)=O. The monoisotopic (exact) mass is 1850 g/mol. The summed E-state index contributed by atoms with van der Waals surface area (Å²) in [5, 5.41) is 30.5. The summed E-state index contributed by atoms with van der Waals surface area (Å²) in [6.45, 7) is 16.9. The molecular weight excluding hydrogens is 1720 g/mol. The first-order valence-electron chi connectivity index (χ1n) is 42.0. The van der Waals surface area contributed by atoms with Crippen molar-refractivity contribution in [1.82, 2.24) is 47.2 Å². The van der Waals surface area contributed by atoms with Crippen molar-refractivity contribution in [2.45, 2.75) is 284 Å². The fourth-order valence-electron chi connectivity index (χ4n) is 13.9. The number of hydrogen-bond donors (Lipinski definition) is 8. The van der Waals surface area contributed by atoms with E-state index in [0.717, 1.165) is 76.2 Å². The Morgan fingerprint density at radius 2 is 0.867 bits per heavy atom. The zero-order valence-corrected chi connectivity index (χ0v) is 76.2. The Bertz CT molecular complexity index is 3690. The van der Waals surface area contributed by atoms with Crippen molar-refractivity contribution in [1.29, 1.82) is 5.26 Å². The van der Waals surface area contributed by atoms with Gasteiger partial charge in [0.15, 0.2) is 49.2 Å². The summed E-state index contributed by atoms with van der Waals surface area (Å²) in [4.78, 5) is 218. The van der Waals surface area contributed by atoms with Crippen LogP contribution >= 0.6 is 8.53 Å². The molecule has 48 heteroatoms. The fourth-order valence-corrected chi connectivity index (χ4v) is 15.7. The number of carbonyl (C=O) groups is 17. The van der Waals surface area contributed by atoms with Gasteiger partial charge in [-0.2, -0.15) is 5.26 Å². The van der Waals surface area contributed by atoms with Crippen LogP contribution in [0, 0.1) is 17.2 Å². The van der Waals surface area contributed by atoms with Crippen LogP contribution in [-0.2, 0) is 176 Å². The predicted molar refractivity (Wildman–Crippen MR) is 436 cm³/mol. The Morgan fingerprint density at radius 1 is 0.453 bits per heavy atom. The molecule has 1 saturated carbocycles. The van der Waals surface area contributed by atoms with Gasteiger partial charge in [-0.1, -0.05) is 0 Å². The standard InChI is InChI=1S/C80H127N10O37P/c1-44(2)90(45(3)4)128(118-30-17-26-81)127-59-20-18-58(19-21-59)75(105)88-61(77(107)84-29-33-110-36-39-117-80(89-48(7)93)43-116-62(40-113-49(8)94)71(121-54(13)99)74(80)124-57(16)102)23-25-66(104)87-60(76(106)83-28-32-109-35-38-112-79-68(86-47(6)92)73(123-56(15)101)70(120-53(12)98)64(126-79)42-115-51(10)96)22-24-65(103)82-27-31-108-34-37-111-78-67(85-46(5)91)72(122-55(14)100)69(119-52(11)97)63(125-78)41-114-50(9)95/h44-45,58-64,67-74,78-79H,17-25,27-43H2,1-16H3,(H,82,103)(H,83,106)(H,84,107)(H,85,91)(H,86,92)(H,87,104)(H,88,105)(H,89,93). The predicted octanol–water partition coefficient (Wildman–Crippen LogP) is -1.21. The maximum absolute atomic E-state index is 14.4. The molecule has 0 aromatic rings. The minimum absolute atomic E-state index is 0.0141. The number of ether oxygens (including phenoxy) is 18. The highest BCUT2D eigenvalue weighted by molar-refractivity contribution is 7.44. The number of amides is 8. The Kier molecular flexibility index (Phi) is 50.3. The largest absolute Gasteiger partial charge is 0.463 e. The van der Waals surface area contributed by atoms with Gasteiger partial charge < -0.3 is 137 Å². The van der Waals surface area contributed by atoms with Crippen LogP contribution in [0.5, 0.6) is 0 Å². The van der Waals surface area contributed by atoms with Gasteiger partial charge in [-0.3, -0.25) is 81.5 Å². The molecule has 47 nitrogen and oxygen atoms in total. The van der Waals surface area contributed by atoms with E-state index in [-0.39, 0.29) is 123 Å². The molecule has 128 heavy (non-hydrogen) atoms. The van der Waals surface area contributed by atoms with Gasteiger partial charge in [-0.25, -0.2) is 4.67 Å². The van der Waals surface area contributed by atoms with Crippen molar-refractivity contribution in [3.63, 3.8) is 0 Å². The second kappa shape index (κ2) is 58.2. The molecule has 724 valence electrons. The van der Waals surface area contributed by atoms with Crippen molar-refractivity contribution in [3.05, 3.63) is 0 Å². The Labute approximate surface area is 743 Å². The number of rotatable bonds is 55. The number of carbonyl (C=O) groups excluding carboxylic acids is 17. The summed E-state index contributed by atoms with van der Waals surface area (Å²) >= 11 is 0. The summed E-state index contributed by atoms with van der Waals surface area (Å²) in [5.74, 6) is -13.2. The van der Waals surface area contributed by atoms with Crippen LogP contribution in [0.3, 0.4) is 0 Å². The van der Waals surface area contributed by atoms with Gasteiger partial charge in [0.05, 0.1) is 91.3 Å². The molecule has 1 aliphatic carbocycles. The van der Waals surface area contributed by atoms with Gasteiger partial charge in [-0.05, 0) is 66.2 Å². The smallest absolute Gasteiger partial charge is 0.303 e. The second-order valence-electron chi connectivity index (χ2n) is 30.5. The molecule has 4 rings (SSSR count). The maximum atomic E-state index is 14.4. The highest BCUT2D eigenvalue weighted by atomic mass is 31.2. The van der Waals surface area contributed by atoms with Crippen molar-refractivity contribution in [3.8, 4) is 6.07 Å². The normalized spacial score (nSPS) is 24.4. The van der Waals surface area contributed by atoms with E-state index < -0.39 is 252 Å². The average Bonchev–Trinajstić information content (AvgIpc) is 0.765. The van der Waals surface area contributed by atoms with E-state index in [9.17, 15) is 86.8 Å². The number of hydrogen-bond acceptors (Lipinski definition) is 39. The maximum Gasteiger partial charge on any atom is 0.303 e. The quantitative estimate of drug-likeness (QED) is 0.0116. The highest BCUT2D eigenvalue weighted by Crippen LogP contribution is 2.49. The van der Waals surface area contributed by atoms with Crippen LogP contribution in [0.15, 0.2) is 0 Å². The van der Waals surface area contributed by atoms with E-state index in [2.05, 4.69) is 53.3 Å². The Hall–Kier alpha value is -9.57. The minimum Gasteiger partial charge on any atom is -0.463 e. The zero-order valence-electron chi connectivity index (χ0n) is 75.3. The molecule has 17 atom stereocenters. The number of esters is 9. The van der Waals surface area contributed by atoms with Crippen molar-refractivity contribution < 1.29 is 176 Å². The van der Waals surface area contributed by atoms with E-state index in [0.29, 0.717) is 25.7 Å². The summed E-state index contributed by atoms with van der Waals surface area (Å²) in [5.41, 5.74) is -2.00. The van der Waals surface area contributed by atoms with Gasteiger partial charge in [0.25, 0.3) is 8.53 Å². The number of nitriles is 1. The lowest BCUT2D eigenvalue weighted by Gasteiger charge is -2.48. The molecule has 8 amide bonds. The van der Waals surface area contributed by atoms with Crippen molar-refractivity contribution >= 4 is 110 Å². The molecular formula is C80H127N10O37P. The Balaban J connectivity index is 1.56. The second-order valence-corrected chi connectivity index (χ2v) is 31.9. The number of nitrogens with zero attached hydrogens (tertiary/aromatic N) is 2. The zero-order chi connectivity index (χ0) is 95.3. The van der Waals surface area contributed by atoms with Gasteiger partial charge in [0, 0.05) is 134 Å². The summed E-state index contributed by atoms with van der Waals surface area (Å²) in [6.07, 6.45) is -15.5. The molecule has 3 heterocycles. The van der Waals surface area contributed by atoms with E-state index in [1.807, 2.05) is 27.7 Å². The highest BCUT2D eigenvalue weighted by Gasteiger charge is 2.58. The third-order valence-corrected chi connectivity index (χ3v) is 21.2. The number of nitrogens with one attached hydrogen (secondary N) is 8. The van der Waals surface area contributed by atoms with Crippen LogP contribution in [0.2, 0.25) is 0 Å². The third-order valence-electron chi connectivity index (χ3n) is 19.0. The summed E-state index contributed by atoms with van der Waals surface area (Å²) < 4.78 is 116. The third kappa shape index (κ3) is 41.0. The first-order valence-corrected chi connectivity index (χ1v) is 43.1. The summed E-state index contributed by atoms with van der Waals surface area (Å²) in [7, 11) is -1.62. The van der Waals surface area contributed by atoms with E-state index in [4.69, 9.17) is 94.3 Å². The van der Waals surface area contributed by atoms with Crippen LogP contribution in [0.4, 0.5) is 0 Å². The van der Waals surface area contributed by atoms with Crippen LogP contribution in [0.25, 0.3) is 0 Å². The van der Waals surface area contributed by atoms with E-state index >= 15 is 0 Å². The van der Waals surface area contributed by atoms with Gasteiger partial charge in [0.1, 0.15) is 62.3 Å². The van der Waals surface area contributed by atoms with Crippen LogP contribution < -0.4 is 42.5 Å². The van der Waals surface area contributed by atoms with E-state index in [1.165, 1.54) is 6.92 Å². The molecule has 3 aliphatic heterocycles. The molecule has 0 aromatic carbocycles. The van der Waals surface area contributed by atoms with E-state index in [1.54, 1.807) is 0 Å². The molecule has 0 spiro atoms. The first-order chi connectivity index (χ1) is 60.5.